The molecule has 3 aromatic rings. The first-order valence-corrected chi connectivity index (χ1v) is 12.8. The van der Waals surface area contributed by atoms with Crippen LogP contribution in [0.15, 0.2) is 30.9 Å². The van der Waals surface area contributed by atoms with Gasteiger partial charge in [0.2, 0.25) is 16.0 Å². The standard InChI is InChI=1S/C21H22F5N7O3S/c1-37(35,36)33-6-4-12(5-7-33)30-20-27-8-14(21(24,25)26)17(31-20)15-9-32(11-28-15)16-3-2-13(10-34)29-18(16)19(22)23/h2-3,8-9,11-12,19,34H,4-7,10H2,1H3,(H,27,30,31). The number of imidazole rings is 1. The SMILES string of the molecule is CS(=O)(=O)N1CCC(Nc2ncc(C(F)(F)F)c(-c3cn(-c4ccc(CO)nc4C(F)F)cn3)n2)CC1. The molecule has 10 nitrogen and oxygen atoms in total. The van der Waals surface area contributed by atoms with Gasteiger partial charge in [0.1, 0.15) is 29.0 Å². The number of aliphatic hydroxyl groups excluding tert-OH is 1. The molecule has 1 aliphatic heterocycles. The normalized spacial score (nSPS) is 15.9. The van der Waals surface area contributed by atoms with Crippen LogP contribution in [0.25, 0.3) is 17.1 Å². The molecule has 200 valence electrons. The van der Waals surface area contributed by atoms with Gasteiger partial charge in [-0.25, -0.2) is 41.4 Å². The Bertz CT molecular complexity index is 1370. The number of aliphatic hydroxyl groups is 1. The van der Waals surface area contributed by atoms with Crippen LogP contribution in [-0.4, -0.2) is 67.7 Å². The molecule has 2 N–H and O–H groups in total. The molecule has 0 amide bonds. The van der Waals surface area contributed by atoms with Gasteiger partial charge in [0.15, 0.2) is 0 Å². The second-order valence-corrected chi connectivity index (χ2v) is 10.3. The molecule has 0 aromatic carbocycles. The van der Waals surface area contributed by atoms with Gasteiger partial charge in [-0.15, -0.1) is 0 Å². The third-order valence-electron chi connectivity index (χ3n) is 5.78. The van der Waals surface area contributed by atoms with E-state index in [0.29, 0.717) is 19.0 Å². The number of alkyl halides is 5. The zero-order valence-corrected chi connectivity index (χ0v) is 20.1. The zero-order valence-electron chi connectivity index (χ0n) is 19.3. The maximum Gasteiger partial charge on any atom is 0.420 e. The smallest absolute Gasteiger partial charge is 0.390 e. The molecule has 0 aliphatic carbocycles. The lowest BCUT2D eigenvalue weighted by atomic mass is 10.1. The molecule has 1 aliphatic rings. The average molecular weight is 548 g/mol. The second-order valence-electron chi connectivity index (χ2n) is 8.37. The number of rotatable bonds is 7. The summed E-state index contributed by atoms with van der Waals surface area (Å²) in [6, 6.07) is 2.29. The van der Waals surface area contributed by atoms with Crippen molar-refractivity contribution in [2.75, 3.05) is 24.7 Å². The molecule has 0 spiro atoms. The summed E-state index contributed by atoms with van der Waals surface area (Å²) in [7, 11) is -3.35. The van der Waals surface area contributed by atoms with Crippen LogP contribution >= 0.6 is 0 Å². The maximum atomic E-state index is 13.7. The van der Waals surface area contributed by atoms with Gasteiger partial charge in [0.05, 0.1) is 24.2 Å². The Morgan fingerprint density at radius 3 is 2.46 bits per heavy atom. The van der Waals surface area contributed by atoms with E-state index in [2.05, 4.69) is 25.3 Å². The molecule has 0 bridgehead atoms. The highest BCUT2D eigenvalue weighted by Gasteiger charge is 2.36. The Kier molecular flexibility index (Phi) is 7.43. The summed E-state index contributed by atoms with van der Waals surface area (Å²) < 4.78 is 94.1. The molecule has 0 unspecified atom stereocenters. The molecular formula is C21H22F5N7O3S. The highest BCUT2D eigenvalue weighted by Crippen LogP contribution is 2.36. The van der Waals surface area contributed by atoms with Gasteiger partial charge in [-0.3, -0.25) is 0 Å². The number of halogens is 5. The molecule has 37 heavy (non-hydrogen) atoms. The van der Waals surface area contributed by atoms with Crippen molar-refractivity contribution in [3.8, 4) is 17.1 Å². The van der Waals surface area contributed by atoms with Crippen molar-refractivity contribution in [2.45, 2.75) is 38.1 Å². The molecule has 3 aromatic heterocycles. The third-order valence-corrected chi connectivity index (χ3v) is 7.09. The Balaban J connectivity index is 1.65. The van der Waals surface area contributed by atoms with E-state index in [1.165, 1.54) is 16.4 Å². The van der Waals surface area contributed by atoms with E-state index in [0.717, 1.165) is 23.3 Å². The Labute approximate surface area is 208 Å². The summed E-state index contributed by atoms with van der Waals surface area (Å²) in [6.07, 6.45) is -3.15. The van der Waals surface area contributed by atoms with Crippen LogP contribution < -0.4 is 5.32 Å². The van der Waals surface area contributed by atoms with E-state index >= 15 is 0 Å². The lowest BCUT2D eigenvalue weighted by Gasteiger charge is -2.30. The van der Waals surface area contributed by atoms with Gasteiger partial charge in [0, 0.05) is 31.5 Å². The summed E-state index contributed by atoms with van der Waals surface area (Å²) in [5.74, 6) is -0.113. The second kappa shape index (κ2) is 10.3. The summed E-state index contributed by atoms with van der Waals surface area (Å²) in [5.41, 5.74) is -2.75. The first kappa shape index (κ1) is 26.8. The van der Waals surface area contributed by atoms with Crippen molar-refractivity contribution < 1.29 is 35.5 Å². The number of nitrogens with zero attached hydrogens (tertiary/aromatic N) is 6. The Morgan fingerprint density at radius 1 is 1.16 bits per heavy atom. The lowest BCUT2D eigenvalue weighted by molar-refractivity contribution is -0.137. The fourth-order valence-corrected chi connectivity index (χ4v) is 4.80. The summed E-state index contributed by atoms with van der Waals surface area (Å²) in [6.45, 7) is -0.0813. The number of hydrogen-bond acceptors (Lipinski definition) is 8. The van der Waals surface area contributed by atoms with Gasteiger partial charge >= 0.3 is 6.18 Å². The molecule has 4 rings (SSSR count). The Hall–Kier alpha value is -3.24. The zero-order chi connectivity index (χ0) is 27.0. The maximum absolute atomic E-state index is 13.7. The number of pyridine rings is 1. The molecule has 0 saturated carbocycles. The largest absolute Gasteiger partial charge is 0.420 e. The van der Waals surface area contributed by atoms with E-state index in [4.69, 9.17) is 0 Å². The Morgan fingerprint density at radius 2 is 1.86 bits per heavy atom. The first-order valence-electron chi connectivity index (χ1n) is 11.0. The fraction of sp³-hybridized carbons (Fsp3) is 0.429. The molecule has 16 heteroatoms. The van der Waals surface area contributed by atoms with Crippen LogP contribution in [0.2, 0.25) is 0 Å². The quantitative estimate of drug-likeness (QED) is 0.433. The fourth-order valence-electron chi connectivity index (χ4n) is 3.92. The monoisotopic (exact) mass is 547 g/mol. The number of anilines is 1. The van der Waals surface area contributed by atoms with E-state index in [-0.39, 0.29) is 42.2 Å². The van der Waals surface area contributed by atoms with Crippen LogP contribution in [0.4, 0.5) is 27.9 Å². The van der Waals surface area contributed by atoms with Gasteiger partial charge in [-0.05, 0) is 25.0 Å². The van der Waals surface area contributed by atoms with Gasteiger partial charge < -0.3 is 15.0 Å². The van der Waals surface area contributed by atoms with E-state index in [1.807, 2.05) is 0 Å². The predicted octanol–water partition coefficient (Wildman–Crippen LogP) is 3.01. The molecule has 4 heterocycles. The highest BCUT2D eigenvalue weighted by atomic mass is 32.2. The number of aromatic nitrogens is 5. The van der Waals surface area contributed by atoms with Crippen LogP contribution in [0.3, 0.4) is 0 Å². The highest BCUT2D eigenvalue weighted by molar-refractivity contribution is 7.88. The third kappa shape index (κ3) is 6.02. The average Bonchev–Trinajstić information content (AvgIpc) is 3.33. The van der Waals surface area contributed by atoms with Crippen LogP contribution in [0, 0.1) is 0 Å². The predicted molar refractivity (Wildman–Crippen MR) is 121 cm³/mol. The molecule has 1 saturated heterocycles. The molecule has 0 radical (unpaired) electrons. The summed E-state index contributed by atoms with van der Waals surface area (Å²) >= 11 is 0. The van der Waals surface area contributed by atoms with Gasteiger partial charge in [0.25, 0.3) is 6.43 Å². The van der Waals surface area contributed by atoms with E-state index in [1.54, 1.807) is 0 Å². The number of piperidine rings is 1. The van der Waals surface area contributed by atoms with Crippen molar-refractivity contribution in [3.05, 3.63) is 47.8 Å². The van der Waals surface area contributed by atoms with E-state index < -0.39 is 46.2 Å². The van der Waals surface area contributed by atoms with Crippen LogP contribution in [0.1, 0.15) is 36.2 Å². The summed E-state index contributed by atoms with van der Waals surface area (Å²) in [4.78, 5) is 15.4. The van der Waals surface area contributed by atoms with Gasteiger partial charge in [-0.1, -0.05) is 0 Å². The van der Waals surface area contributed by atoms with Crippen molar-refractivity contribution in [3.63, 3.8) is 0 Å². The minimum Gasteiger partial charge on any atom is -0.390 e. The number of hydrogen-bond donors (Lipinski definition) is 2. The summed E-state index contributed by atoms with van der Waals surface area (Å²) in [5, 5.41) is 12.1. The molecule has 1 fully saturated rings. The minimum atomic E-state index is -4.82. The van der Waals surface area contributed by atoms with Crippen molar-refractivity contribution in [1.82, 2.24) is 28.8 Å². The topological polar surface area (TPSA) is 126 Å². The lowest BCUT2D eigenvalue weighted by Crippen LogP contribution is -2.42. The number of sulfonamides is 1. The van der Waals surface area contributed by atoms with Crippen molar-refractivity contribution >= 4 is 16.0 Å². The van der Waals surface area contributed by atoms with Gasteiger partial charge in [-0.2, -0.15) is 13.2 Å². The van der Waals surface area contributed by atoms with Crippen LogP contribution in [-0.2, 0) is 22.8 Å². The van der Waals surface area contributed by atoms with Crippen LogP contribution in [0.5, 0.6) is 0 Å². The molecular weight excluding hydrogens is 525 g/mol. The minimum absolute atomic E-state index is 0.00707. The van der Waals surface area contributed by atoms with E-state index in [9.17, 15) is 35.5 Å². The number of nitrogens with one attached hydrogen (secondary N) is 1. The first-order chi connectivity index (χ1) is 17.4. The van der Waals surface area contributed by atoms with Crippen molar-refractivity contribution in [1.29, 1.82) is 0 Å². The van der Waals surface area contributed by atoms with Crippen molar-refractivity contribution in [2.24, 2.45) is 0 Å². The molecule has 0 atom stereocenters.